The van der Waals surface area contributed by atoms with Gasteiger partial charge in [-0.1, -0.05) is 0 Å². The van der Waals surface area contributed by atoms with Crippen LogP contribution < -0.4 is 16.1 Å². The van der Waals surface area contributed by atoms with Crippen molar-refractivity contribution in [2.24, 2.45) is 0 Å². The lowest BCUT2D eigenvalue weighted by Crippen LogP contribution is -2.39. The standard InChI is InChI=1S/C8H12N4O3/c13-4-5-2-1-3-12(5)6-7(14)9-8(15)11-10-6/h5,13H,1-4H2,(H2,9,11,14,15). The molecule has 1 aliphatic rings. The lowest BCUT2D eigenvalue weighted by atomic mass is 10.2. The number of aromatic nitrogens is 3. The third kappa shape index (κ3) is 1.78. The molecule has 1 aromatic rings. The fourth-order valence-electron chi connectivity index (χ4n) is 1.84. The molecule has 0 saturated carbocycles. The van der Waals surface area contributed by atoms with Gasteiger partial charge in [-0.15, -0.1) is 5.10 Å². The van der Waals surface area contributed by atoms with Crippen LogP contribution in [0.5, 0.6) is 0 Å². The van der Waals surface area contributed by atoms with Gasteiger partial charge < -0.3 is 10.0 Å². The third-order valence-corrected chi connectivity index (χ3v) is 2.55. The second-order valence-electron chi connectivity index (χ2n) is 3.50. The first-order chi connectivity index (χ1) is 7.22. The number of aromatic amines is 2. The minimum absolute atomic E-state index is 0.0136. The molecular formula is C8H12N4O3. The summed E-state index contributed by atoms with van der Waals surface area (Å²) in [6.07, 6.45) is 1.74. The van der Waals surface area contributed by atoms with Crippen molar-refractivity contribution in [3.63, 3.8) is 0 Å². The van der Waals surface area contributed by atoms with Crippen LogP contribution in [0.2, 0.25) is 0 Å². The number of nitrogens with one attached hydrogen (secondary N) is 2. The normalized spacial score (nSPS) is 20.9. The average Bonchev–Trinajstić information content (AvgIpc) is 2.65. The van der Waals surface area contributed by atoms with E-state index in [-0.39, 0.29) is 18.5 Å². The molecule has 2 heterocycles. The average molecular weight is 212 g/mol. The highest BCUT2D eigenvalue weighted by molar-refractivity contribution is 5.37. The lowest BCUT2D eigenvalue weighted by molar-refractivity contribution is 0.265. The van der Waals surface area contributed by atoms with E-state index in [1.807, 2.05) is 0 Å². The van der Waals surface area contributed by atoms with Crippen molar-refractivity contribution < 1.29 is 5.11 Å². The molecule has 1 unspecified atom stereocenters. The molecule has 1 fully saturated rings. The van der Waals surface area contributed by atoms with Crippen LogP contribution in [-0.4, -0.2) is 39.5 Å². The van der Waals surface area contributed by atoms with Crippen LogP contribution in [0.1, 0.15) is 12.8 Å². The second kappa shape index (κ2) is 3.85. The first-order valence-corrected chi connectivity index (χ1v) is 4.79. The molecule has 1 aliphatic heterocycles. The van der Waals surface area contributed by atoms with Crippen LogP contribution in [-0.2, 0) is 0 Å². The Morgan fingerprint density at radius 2 is 2.33 bits per heavy atom. The van der Waals surface area contributed by atoms with Crippen molar-refractivity contribution in [3.8, 4) is 0 Å². The Kier molecular flexibility index (Phi) is 2.55. The highest BCUT2D eigenvalue weighted by Crippen LogP contribution is 2.19. The molecule has 0 bridgehead atoms. The predicted octanol–water partition coefficient (Wildman–Crippen LogP) is -1.58. The van der Waals surface area contributed by atoms with Crippen molar-refractivity contribution in [2.75, 3.05) is 18.1 Å². The number of hydrogen-bond acceptors (Lipinski definition) is 5. The van der Waals surface area contributed by atoms with Gasteiger partial charge in [0, 0.05) is 6.54 Å². The Morgan fingerprint density at radius 3 is 3.00 bits per heavy atom. The van der Waals surface area contributed by atoms with Crippen LogP contribution >= 0.6 is 0 Å². The number of aliphatic hydroxyl groups is 1. The molecule has 0 aromatic carbocycles. The van der Waals surface area contributed by atoms with Gasteiger partial charge in [0.25, 0.3) is 5.56 Å². The Labute approximate surface area is 84.8 Å². The summed E-state index contributed by atoms with van der Waals surface area (Å²) >= 11 is 0. The summed E-state index contributed by atoms with van der Waals surface area (Å²) in [5.74, 6) is 0.172. The van der Waals surface area contributed by atoms with E-state index in [0.29, 0.717) is 6.54 Å². The van der Waals surface area contributed by atoms with Gasteiger partial charge in [-0.3, -0.25) is 9.78 Å². The molecule has 7 nitrogen and oxygen atoms in total. The molecule has 15 heavy (non-hydrogen) atoms. The van der Waals surface area contributed by atoms with E-state index in [1.54, 1.807) is 4.90 Å². The van der Waals surface area contributed by atoms with E-state index in [0.717, 1.165) is 12.8 Å². The summed E-state index contributed by atoms with van der Waals surface area (Å²) in [5.41, 5.74) is -1.14. The monoisotopic (exact) mass is 212 g/mol. The fraction of sp³-hybridized carbons (Fsp3) is 0.625. The molecule has 3 N–H and O–H groups in total. The van der Waals surface area contributed by atoms with Crippen molar-refractivity contribution in [1.82, 2.24) is 15.2 Å². The Morgan fingerprint density at radius 1 is 1.53 bits per heavy atom. The molecule has 1 atom stereocenters. The van der Waals surface area contributed by atoms with Gasteiger partial charge in [-0.25, -0.2) is 9.89 Å². The smallest absolute Gasteiger partial charge is 0.342 e. The molecule has 0 amide bonds. The second-order valence-corrected chi connectivity index (χ2v) is 3.50. The van der Waals surface area contributed by atoms with Crippen LogP contribution in [0.3, 0.4) is 0 Å². The fourth-order valence-corrected chi connectivity index (χ4v) is 1.84. The van der Waals surface area contributed by atoms with E-state index in [2.05, 4.69) is 15.2 Å². The molecule has 0 radical (unpaired) electrons. The summed E-state index contributed by atoms with van der Waals surface area (Å²) in [6, 6.07) is -0.0792. The number of hydrogen-bond donors (Lipinski definition) is 3. The quantitative estimate of drug-likeness (QED) is 0.549. The van der Waals surface area contributed by atoms with E-state index < -0.39 is 11.2 Å². The van der Waals surface area contributed by atoms with Gasteiger partial charge in [-0.2, -0.15) is 0 Å². The van der Waals surface area contributed by atoms with Gasteiger partial charge in [0.05, 0.1) is 12.6 Å². The van der Waals surface area contributed by atoms with Crippen molar-refractivity contribution in [1.29, 1.82) is 0 Å². The molecule has 1 aromatic heterocycles. The number of aliphatic hydroxyl groups excluding tert-OH is 1. The minimum Gasteiger partial charge on any atom is -0.394 e. The number of anilines is 1. The van der Waals surface area contributed by atoms with Crippen molar-refractivity contribution in [2.45, 2.75) is 18.9 Å². The molecule has 82 valence electrons. The molecule has 1 saturated heterocycles. The number of nitrogens with zero attached hydrogens (tertiary/aromatic N) is 2. The Balaban J connectivity index is 2.37. The van der Waals surface area contributed by atoms with Crippen LogP contribution in [0.4, 0.5) is 5.82 Å². The topological polar surface area (TPSA) is 102 Å². The molecule has 0 spiro atoms. The minimum atomic E-state index is -0.622. The van der Waals surface area contributed by atoms with Crippen LogP contribution in [0.25, 0.3) is 0 Å². The van der Waals surface area contributed by atoms with Crippen molar-refractivity contribution in [3.05, 3.63) is 20.8 Å². The molecule has 0 aliphatic carbocycles. The zero-order valence-corrected chi connectivity index (χ0v) is 8.06. The van der Waals surface area contributed by atoms with E-state index >= 15 is 0 Å². The lowest BCUT2D eigenvalue weighted by Gasteiger charge is -2.22. The number of rotatable bonds is 2. The zero-order valence-electron chi connectivity index (χ0n) is 8.06. The van der Waals surface area contributed by atoms with Gasteiger partial charge >= 0.3 is 5.69 Å². The zero-order chi connectivity index (χ0) is 10.8. The molecular weight excluding hydrogens is 200 g/mol. The summed E-state index contributed by atoms with van der Waals surface area (Å²) in [4.78, 5) is 26.0. The first kappa shape index (κ1) is 9.91. The molecule has 2 rings (SSSR count). The van der Waals surface area contributed by atoms with Gasteiger partial charge in [0.2, 0.25) is 5.82 Å². The maximum atomic E-state index is 11.4. The highest BCUT2D eigenvalue weighted by Gasteiger charge is 2.26. The van der Waals surface area contributed by atoms with Crippen LogP contribution in [0, 0.1) is 0 Å². The summed E-state index contributed by atoms with van der Waals surface area (Å²) in [7, 11) is 0. The van der Waals surface area contributed by atoms with Crippen LogP contribution in [0.15, 0.2) is 9.59 Å². The first-order valence-electron chi connectivity index (χ1n) is 4.79. The summed E-state index contributed by atoms with van der Waals surface area (Å²) in [5, 5.41) is 15.0. The van der Waals surface area contributed by atoms with Gasteiger partial charge in [0.1, 0.15) is 0 Å². The van der Waals surface area contributed by atoms with Gasteiger partial charge in [0.15, 0.2) is 0 Å². The maximum Gasteiger partial charge on any atom is 0.342 e. The van der Waals surface area contributed by atoms with E-state index in [4.69, 9.17) is 5.11 Å². The summed E-state index contributed by atoms with van der Waals surface area (Å²) < 4.78 is 0. The Bertz CT molecular complexity index is 452. The van der Waals surface area contributed by atoms with Crippen molar-refractivity contribution >= 4 is 5.82 Å². The predicted molar refractivity (Wildman–Crippen MR) is 52.9 cm³/mol. The molecule has 7 heteroatoms. The van der Waals surface area contributed by atoms with E-state index in [9.17, 15) is 9.59 Å². The maximum absolute atomic E-state index is 11.4. The largest absolute Gasteiger partial charge is 0.394 e. The van der Waals surface area contributed by atoms with E-state index in [1.165, 1.54) is 0 Å². The SMILES string of the molecule is O=c1[nH]nc(N2CCCC2CO)c(=O)[nH]1. The van der Waals surface area contributed by atoms with Gasteiger partial charge in [-0.05, 0) is 12.8 Å². The summed E-state index contributed by atoms with van der Waals surface area (Å²) in [6.45, 7) is 0.660. The number of H-pyrrole nitrogens is 2. The highest BCUT2D eigenvalue weighted by atomic mass is 16.3. The Hall–Kier alpha value is -1.63. The third-order valence-electron chi connectivity index (χ3n) is 2.55.